The standard InChI is InChI=1S/C12H15N3OS/c1-9-14-10(8-17-9)15-11(16)2-3-12(15)4-6-13-7-5-12/h2-3,8,13H,4-7H2,1H3. The largest absolute Gasteiger partial charge is 0.317 e. The molecule has 1 N–H and O–H groups in total. The van der Waals surface area contributed by atoms with Gasteiger partial charge in [-0.25, -0.2) is 4.98 Å². The molecule has 0 aliphatic carbocycles. The molecule has 1 aromatic heterocycles. The summed E-state index contributed by atoms with van der Waals surface area (Å²) in [6, 6.07) is 0. The minimum absolute atomic E-state index is 0.0669. The number of anilines is 1. The van der Waals surface area contributed by atoms with Crippen molar-refractivity contribution in [3.63, 3.8) is 0 Å². The predicted molar refractivity (Wildman–Crippen MR) is 68.3 cm³/mol. The van der Waals surface area contributed by atoms with Crippen LogP contribution in [0.3, 0.4) is 0 Å². The molecule has 0 bridgehead atoms. The average Bonchev–Trinajstić information content (AvgIpc) is 2.86. The van der Waals surface area contributed by atoms with Crippen LogP contribution in [0.25, 0.3) is 0 Å². The van der Waals surface area contributed by atoms with Crippen LogP contribution in [-0.2, 0) is 4.79 Å². The zero-order valence-corrected chi connectivity index (χ0v) is 10.6. The van der Waals surface area contributed by atoms with Crippen LogP contribution in [0.4, 0.5) is 5.82 Å². The first-order valence-corrected chi connectivity index (χ1v) is 6.76. The van der Waals surface area contributed by atoms with Crippen molar-refractivity contribution in [2.45, 2.75) is 25.3 Å². The molecule has 1 aromatic rings. The average molecular weight is 249 g/mol. The molecule has 2 aliphatic heterocycles. The summed E-state index contributed by atoms with van der Waals surface area (Å²) in [6.45, 7) is 3.88. The van der Waals surface area contributed by atoms with Crippen molar-refractivity contribution in [1.82, 2.24) is 10.3 Å². The Hall–Kier alpha value is -1.20. The van der Waals surface area contributed by atoms with Crippen LogP contribution >= 0.6 is 11.3 Å². The molecule has 0 unspecified atom stereocenters. The van der Waals surface area contributed by atoms with Crippen LogP contribution in [-0.4, -0.2) is 29.5 Å². The molecule has 1 fully saturated rings. The van der Waals surface area contributed by atoms with Gasteiger partial charge in [0.05, 0.1) is 10.5 Å². The van der Waals surface area contributed by atoms with Crippen LogP contribution in [0, 0.1) is 6.92 Å². The number of hydrogen-bond donors (Lipinski definition) is 1. The second kappa shape index (κ2) is 3.92. The monoisotopic (exact) mass is 249 g/mol. The third-order valence-electron chi connectivity index (χ3n) is 3.51. The van der Waals surface area contributed by atoms with E-state index >= 15 is 0 Å². The maximum Gasteiger partial charge on any atom is 0.252 e. The van der Waals surface area contributed by atoms with E-state index in [1.165, 1.54) is 0 Å². The topological polar surface area (TPSA) is 45.2 Å². The smallest absolute Gasteiger partial charge is 0.252 e. The number of carbonyl (C=O) groups is 1. The van der Waals surface area contributed by atoms with E-state index in [1.807, 2.05) is 17.2 Å². The van der Waals surface area contributed by atoms with Crippen molar-refractivity contribution in [2.24, 2.45) is 0 Å². The van der Waals surface area contributed by atoms with Gasteiger partial charge >= 0.3 is 0 Å². The Balaban J connectivity index is 1.98. The van der Waals surface area contributed by atoms with E-state index in [1.54, 1.807) is 17.4 Å². The Morgan fingerprint density at radius 2 is 2.24 bits per heavy atom. The molecular formula is C12H15N3OS. The molecule has 0 radical (unpaired) electrons. The first kappa shape index (κ1) is 10.9. The van der Waals surface area contributed by atoms with Crippen LogP contribution in [0.2, 0.25) is 0 Å². The highest BCUT2D eigenvalue weighted by atomic mass is 32.1. The zero-order valence-electron chi connectivity index (χ0n) is 9.77. The molecule has 0 aromatic carbocycles. The van der Waals surface area contributed by atoms with Crippen molar-refractivity contribution < 1.29 is 4.79 Å². The Bertz CT molecular complexity index is 474. The summed E-state index contributed by atoms with van der Waals surface area (Å²) < 4.78 is 0. The van der Waals surface area contributed by atoms with Gasteiger partial charge in [0.25, 0.3) is 5.91 Å². The lowest BCUT2D eigenvalue weighted by atomic mass is 9.88. The number of nitrogens with one attached hydrogen (secondary N) is 1. The third-order valence-corrected chi connectivity index (χ3v) is 4.27. The number of aryl methyl sites for hydroxylation is 1. The van der Waals surface area contributed by atoms with Gasteiger partial charge in [0.1, 0.15) is 5.82 Å². The molecule has 1 saturated heterocycles. The molecule has 1 amide bonds. The summed E-state index contributed by atoms with van der Waals surface area (Å²) in [5, 5.41) is 6.32. The molecule has 0 atom stereocenters. The molecule has 17 heavy (non-hydrogen) atoms. The highest BCUT2D eigenvalue weighted by Crippen LogP contribution is 2.36. The fourth-order valence-electron chi connectivity index (χ4n) is 2.64. The second-order valence-corrected chi connectivity index (χ2v) is 5.65. The Morgan fingerprint density at radius 3 is 2.88 bits per heavy atom. The number of aromatic nitrogens is 1. The van der Waals surface area contributed by atoms with Gasteiger partial charge in [-0.3, -0.25) is 9.69 Å². The lowest BCUT2D eigenvalue weighted by Gasteiger charge is -2.40. The van der Waals surface area contributed by atoms with E-state index in [0.29, 0.717) is 0 Å². The molecule has 2 aliphatic rings. The van der Waals surface area contributed by atoms with Crippen LogP contribution in [0.1, 0.15) is 17.8 Å². The lowest BCUT2D eigenvalue weighted by Crippen LogP contribution is -2.52. The molecular weight excluding hydrogens is 234 g/mol. The maximum atomic E-state index is 12.0. The van der Waals surface area contributed by atoms with Gasteiger partial charge in [-0.1, -0.05) is 6.08 Å². The molecule has 5 heteroatoms. The van der Waals surface area contributed by atoms with E-state index in [2.05, 4.69) is 16.4 Å². The first-order valence-electron chi connectivity index (χ1n) is 5.88. The van der Waals surface area contributed by atoms with Crippen LogP contribution in [0.15, 0.2) is 17.5 Å². The van der Waals surface area contributed by atoms with Gasteiger partial charge in [0, 0.05) is 11.5 Å². The quantitative estimate of drug-likeness (QED) is 0.820. The molecule has 90 valence electrons. The van der Waals surface area contributed by atoms with Crippen LogP contribution < -0.4 is 10.2 Å². The van der Waals surface area contributed by atoms with Crippen molar-refractivity contribution in [2.75, 3.05) is 18.0 Å². The number of carbonyl (C=O) groups excluding carboxylic acids is 1. The van der Waals surface area contributed by atoms with Gasteiger partial charge in [0.15, 0.2) is 0 Å². The lowest BCUT2D eigenvalue weighted by molar-refractivity contribution is -0.114. The summed E-state index contributed by atoms with van der Waals surface area (Å²) in [5.41, 5.74) is -0.136. The van der Waals surface area contributed by atoms with E-state index in [9.17, 15) is 4.79 Å². The number of rotatable bonds is 1. The molecule has 3 heterocycles. The van der Waals surface area contributed by atoms with Crippen molar-refractivity contribution in [3.05, 3.63) is 22.5 Å². The third kappa shape index (κ3) is 1.70. The highest BCUT2D eigenvalue weighted by molar-refractivity contribution is 7.09. The zero-order chi connectivity index (χ0) is 11.9. The van der Waals surface area contributed by atoms with E-state index in [4.69, 9.17) is 0 Å². The van der Waals surface area contributed by atoms with Crippen molar-refractivity contribution >= 4 is 23.1 Å². The van der Waals surface area contributed by atoms with Gasteiger partial charge in [-0.2, -0.15) is 0 Å². The Labute approximate surface area is 104 Å². The number of piperidine rings is 1. The number of nitrogens with zero attached hydrogens (tertiary/aromatic N) is 2. The minimum Gasteiger partial charge on any atom is -0.317 e. The number of thiazole rings is 1. The van der Waals surface area contributed by atoms with Crippen LogP contribution in [0.5, 0.6) is 0 Å². The van der Waals surface area contributed by atoms with Gasteiger partial charge < -0.3 is 5.32 Å². The predicted octanol–water partition coefficient (Wildman–Crippen LogP) is 1.48. The highest BCUT2D eigenvalue weighted by Gasteiger charge is 2.43. The Morgan fingerprint density at radius 1 is 1.47 bits per heavy atom. The first-order chi connectivity index (χ1) is 8.21. The SMILES string of the molecule is Cc1nc(N2C(=O)C=CC23CCNCC3)cs1. The van der Waals surface area contributed by atoms with E-state index in [-0.39, 0.29) is 11.4 Å². The van der Waals surface area contributed by atoms with E-state index in [0.717, 1.165) is 36.8 Å². The van der Waals surface area contributed by atoms with Crippen molar-refractivity contribution in [1.29, 1.82) is 0 Å². The summed E-state index contributed by atoms with van der Waals surface area (Å²) >= 11 is 1.59. The summed E-state index contributed by atoms with van der Waals surface area (Å²) in [5.74, 6) is 0.876. The molecule has 0 saturated carbocycles. The Kier molecular flexibility index (Phi) is 2.52. The van der Waals surface area contributed by atoms with Gasteiger partial charge in [0.2, 0.25) is 0 Å². The number of hydrogen-bond acceptors (Lipinski definition) is 4. The maximum absolute atomic E-state index is 12.0. The normalized spacial score (nSPS) is 22.6. The summed E-state index contributed by atoms with van der Waals surface area (Å²) in [7, 11) is 0. The minimum atomic E-state index is -0.136. The van der Waals surface area contributed by atoms with E-state index < -0.39 is 0 Å². The summed E-state index contributed by atoms with van der Waals surface area (Å²) in [6.07, 6.45) is 5.68. The second-order valence-electron chi connectivity index (χ2n) is 4.59. The molecule has 3 rings (SSSR count). The summed E-state index contributed by atoms with van der Waals surface area (Å²) in [4.78, 5) is 18.4. The van der Waals surface area contributed by atoms with Gasteiger partial charge in [-0.05, 0) is 32.9 Å². The number of amides is 1. The molecule has 1 spiro atoms. The van der Waals surface area contributed by atoms with Gasteiger partial charge in [-0.15, -0.1) is 11.3 Å². The fraction of sp³-hybridized carbons (Fsp3) is 0.500. The van der Waals surface area contributed by atoms with Crippen molar-refractivity contribution in [3.8, 4) is 0 Å². The fourth-order valence-corrected chi connectivity index (χ4v) is 3.22. The molecule has 4 nitrogen and oxygen atoms in total.